The second-order valence-electron chi connectivity index (χ2n) is 6.79. The molecular formula is C19H20N6O2S. The average molecular weight is 396 g/mol. The van der Waals surface area contributed by atoms with Gasteiger partial charge in [-0.15, -0.1) is 21.5 Å². The molecule has 1 aromatic carbocycles. The first kappa shape index (κ1) is 18.3. The molecule has 0 saturated carbocycles. The van der Waals surface area contributed by atoms with Gasteiger partial charge >= 0.3 is 0 Å². The van der Waals surface area contributed by atoms with E-state index in [0.29, 0.717) is 16.4 Å². The number of aromatic nitrogens is 4. The Morgan fingerprint density at radius 1 is 1.25 bits per heavy atom. The van der Waals surface area contributed by atoms with E-state index in [4.69, 9.17) is 5.73 Å². The van der Waals surface area contributed by atoms with Crippen molar-refractivity contribution in [3.05, 3.63) is 45.8 Å². The van der Waals surface area contributed by atoms with Gasteiger partial charge in [0.25, 0.3) is 5.91 Å². The number of carbonyl (C=O) groups excluding carboxylic acids is 2. The average Bonchev–Trinajstić information content (AvgIpc) is 3.26. The lowest BCUT2D eigenvalue weighted by Gasteiger charge is -2.11. The minimum atomic E-state index is -0.504. The Morgan fingerprint density at radius 3 is 2.82 bits per heavy atom. The molecule has 0 unspecified atom stereocenters. The summed E-state index contributed by atoms with van der Waals surface area (Å²) in [6, 6.07) is 7.71. The Hall–Kier alpha value is -3.07. The summed E-state index contributed by atoms with van der Waals surface area (Å²) < 4.78 is 0. The zero-order chi connectivity index (χ0) is 19.7. The third kappa shape index (κ3) is 3.53. The number of tetrazole rings is 1. The number of primary amides is 1. The van der Waals surface area contributed by atoms with Crippen LogP contribution in [0, 0.1) is 6.92 Å². The highest BCUT2D eigenvalue weighted by Crippen LogP contribution is 2.37. The fourth-order valence-electron chi connectivity index (χ4n) is 3.45. The van der Waals surface area contributed by atoms with E-state index >= 15 is 0 Å². The zero-order valence-corrected chi connectivity index (χ0v) is 16.3. The number of nitrogens with two attached hydrogens (primary N) is 1. The van der Waals surface area contributed by atoms with Crippen LogP contribution in [0.5, 0.6) is 0 Å². The Morgan fingerprint density at radius 2 is 2.04 bits per heavy atom. The van der Waals surface area contributed by atoms with E-state index in [1.54, 1.807) is 0 Å². The largest absolute Gasteiger partial charge is 0.365 e. The van der Waals surface area contributed by atoms with Crippen molar-refractivity contribution >= 4 is 28.2 Å². The van der Waals surface area contributed by atoms with Crippen molar-refractivity contribution in [2.45, 2.75) is 39.2 Å². The first-order valence-corrected chi connectivity index (χ1v) is 9.92. The van der Waals surface area contributed by atoms with Gasteiger partial charge in [-0.3, -0.25) is 9.59 Å². The smallest absolute Gasteiger partial charge is 0.251 e. The Balaban J connectivity index is 1.51. The molecule has 0 spiro atoms. The minimum absolute atomic E-state index is 0.0976. The van der Waals surface area contributed by atoms with Crippen LogP contribution in [-0.4, -0.2) is 32.0 Å². The van der Waals surface area contributed by atoms with Crippen molar-refractivity contribution in [1.82, 2.24) is 20.2 Å². The van der Waals surface area contributed by atoms with Crippen LogP contribution in [0.25, 0.3) is 11.4 Å². The maximum atomic E-state index is 12.5. The quantitative estimate of drug-likeness (QED) is 0.687. The topological polar surface area (TPSA) is 116 Å². The minimum Gasteiger partial charge on any atom is -0.365 e. The number of amides is 2. The van der Waals surface area contributed by atoms with Crippen LogP contribution in [0.4, 0.5) is 5.00 Å². The highest BCUT2D eigenvalue weighted by Gasteiger charge is 2.25. The summed E-state index contributed by atoms with van der Waals surface area (Å²) in [7, 11) is 0. The fourth-order valence-corrected chi connectivity index (χ4v) is 4.76. The normalized spacial score (nSPS) is 13.2. The molecule has 1 aliphatic rings. The number of rotatable bonds is 5. The van der Waals surface area contributed by atoms with E-state index in [2.05, 4.69) is 20.7 Å². The van der Waals surface area contributed by atoms with Gasteiger partial charge in [0.15, 0.2) is 0 Å². The molecule has 144 valence electrons. The molecule has 4 rings (SSSR count). The van der Waals surface area contributed by atoms with Gasteiger partial charge in [-0.05, 0) is 48.9 Å². The molecule has 2 heterocycles. The first-order chi connectivity index (χ1) is 13.5. The maximum Gasteiger partial charge on any atom is 0.251 e. The van der Waals surface area contributed by atoms with Gasteiger partial charge in [0.1, 0.15) is 11.5 Å². The lowest BCUT2D eigenvalue weighted by Crippen LogP contribution is -2.22. The number of nitrogens with one attached hydrogen (secondary N) is 1. The lowest BCUT2D eigenvalue weighted by molar-refractivity contribution is -0.117. The summed E-state index contributed by atoms with van der Waals surface area (Å²) in [4.78, 5) is 26.8. The molecule has 0 atom stereocenters. The number of hydrogen-bond donors (Lipinski definition) is 2. The first-order valence-electron chi connectivity index (χ1n) is 9.11. The van der Waals surface area contributed by atoms with Crippen molar-refractivity contribution in [3.63, 3.8) is 0 Å². The van der Waals surface area contributed by atoms with Crippen LogP contribution in [0.3, 0.4) is 0 Å². The number of fused-ring (bicyclic) bond motifs is 1. The fraction of sp³-hybridized carbons (Fsp3) is 0.316. The van der Waals surface area contributed by atoms with Crippen molar-refractivity contribution in [3.8, 4) is 11.4 Å². The van der Waals surface area contributed by atoms with E-state index in [1.165, 1.54) is 16.1 Å². The third-order valence-corrected chi connectivity index (χ3v) is 6.00. The van der Waals surface area contributed by atoms with Crippen LogP contribution in [0.15, 0.2) is 24.3 Å². The van der Waals surface area contributed by atoms with Gasteiger partial charge in [0.2, 0.25) is 11.7 Å². The summed E-state index contributed by atoms with van der Waals surface area (Å²) in [5.41, 5.74) is 8.90. The summed E-state index contributed by atoms with van der Waals surface area (Å²) in [5, 5.41) is 15.6. The second kappa shape index (κ2) is 7.51. The summed E-state index contributed by atoms with van der Waals surface area (Å²) in [5.74, 6) is -0.361. The molecule has 2 amide bonds. The van der Waals surface area contributed by atoms with Gasteiger partial charge in [-0.25, -0.2) is 0 Å². The molecule has 9 heteroatoms. The molecular weight excluding hydrogens is 376 g/mol. The maximum absolute atomic E-state index is 12.5. The number of benzene rings is 1. The highest BCUT2D eigenvalue weighted by atomic mass is 32.1. The molecule has 2 aromatic heterocycles. The number of thiophene rings is 1. The van der Waals surface area contributed by atoms with Crippen LogP contribution < -0.4 is 11.1 Å². The summed E-state index contributed by atoms with van der Waals surface area (Å²) >= 11 is 1.43. The second-order valence-corrected chi connectivity index (χ2v) is 7.89. The highest BCUT2D eigenvalue weighted by molar-refractivity contribution is 7.17. The molecule has 3 N–H and O–H groups in total. The van der Waals surface area contributed by atoms with E-state index in [-0.39, 0.29) is 12.5 Å². The van der Waals surface area contributed by atoms with Crippen molar-refractivity contribution in [2.75, 3.05) is 5.32 Å². The number of hydrogen-bond acceptors (Lipinski definition) is 6. The van der Waals surface area contributed by atoms with Crippen LogP contribution >= 0.6 is 11.3 Å². The molecule has 0 saturated heterocycles. The van der Waals surface area contributed by atoms with Crippen molar-refractivity contribution in [2.24, 2.45) is 5.73 Å². The van der Waals surface area contributed by atoms with Crippen LogP contribution in [-0.2, 0) is 24.2 Å². The standard InChI is InChI=1S/C19H20N6O2S/c1-11-6-2-3-7-12(11)18-22-24-25(23-18)10-15(26)21-19-16(17(20)27)13-8-4-5-9-14(13)28-19/h2-3,6-7H,4-5,8-10H2,1H3,(H2,20,27)(H,21,26). The molecule has 0 aliphatic heterocycles. The molecule has 3 aromatic rings. The molecule has 28 heavy (non-hydrogen) atoms. The number of nitrogens with zero attached hydrogens (tertiary/aromatic N) is 4. The van der Waals surface area contributed by atoms with Gasteiger partial charge in [-0.2, -0.15) is 4.80 Å². The van der Waals surface area contributed by atoms with Gasteiger partial charge in [-0.1, -0.05) is 24.3 Å². The summed E-state index contributed by atoms with van der Waals surface area (Å²) in [6.45, 7) is 1.87. The zero-order valence-electron chi connectivity index (χ0n) is 15.4. The van der Waals surface area contributed by atoms with E-state index in [9.17, 15) is 9.59 Å². The number of carbonyl (C=O) groups is 2. The van der Waals surface area contributed by atoms with Gasteiger partial charge in [0.05, 0.1) is 5.56 Å². The van der Waals surface area contributed by atoms with E-state index in [0.717, 1.165) is 47.3 Å². The molecule has 8 nitrogen and oxygen atoms in total. The Labute approximate surface area is 165 Å². The lowest BCUT2D eigenvalue weighted by atomic mass is 9.95. The number of anilines is 1. The van der Waals surface area contributed by atoms with E-state index in [1.807, 2.05) is 31.2 Å². The molecule has 0 fully saturated rings. The van der Waals surface area contributed by atoms with Crippen molar-refractivity contribution in [1.29, 1.82) is 0 Å². The van der Waals surface area contributed by atoms with Gasteiger partial charge < -0.3 is 11.1 Å². The van der Waals surface area contributed by atoms with E-state index < -0.39 is 5.91 Å². The van der Waals surface area contributed by atoms with Crippen molar-refractivity contribution < 1.29 is 9.59 Å². The summed E-state index contributed by atoms with van der Waals surface area (Å²) in [6.07, 6.45) is 3.86. The van der Waals surface area contributed by atoms with Crippen LogP contribution in [0.2, 0.25) is 0 Å². The molecule has 0 bridgehead atoms. The molecule has 1 aliphatic carbocycles. The SMILES string of the molecule is Cc1ccccc1-c1nnn(CC(=O)Nc2sc3c(c2C(N)=O)CCCC3)n1. The third-order valence-electron chi connectivity index (χ3n) is 4.79. The Bertz CT molecular complexity index is 1050. The predicted octanol–water partition coefficient (Wildman–Crippen LogP) is 2.33. The van der Waals surface area contributed by atoms with Crippen LogP contribution in [0.1, 0.15) is 39.2 Å². The monoisotopic (exact) mass is 396 g/mol. The number of aryl methyl sites for hydroxylation is 2. The molecule has 0 radical (unpaired) electrons. The Kier molecular flexibility index (Phi) is 4.91. The predicted molar refractivity (Wildman–Crippen MR) is 106 cm³/mol. The van der Waals surface area contributed by atoms with Gasteiger partial charge in [0, 0.05) is 10.4 Å².